The number of hydrogen-bond donors (Lipinski definition) is 0. The lowest BCUT2D eigenvalue weighted by Crippen LogP contribution is -2.20. The number of ether oxygens (including phenoxy) is 2. The Morgan fingerprint density at radius 3 is 2.15 bits per heavy atom. The van der Waals surface area contributed by atoms with Gasteiger partial charge in [-0.15, -0.1) is 0 Å². The number of rotatable bonds is 7. The first kappa shape index (κ1) is 22.0. The Morgan fingerprint density at radius 1 is 0.824 bits per heavy atom. The van der Waals surface area contributed by atoms with E-state index in [1.165, 1.54) is 0 Å². The predicted octanol–water partition coefficient (Wildman–Crippen LogP) is 5.64. The second-order valence-corrected chi connectivity index (χ2v) is 8.74. The van der Waals surface area contributed by atoms with Crippen LogP contribution in [0.25, 0.3) is 16.6 Å². The van der Waals surface area contributed by atoms with E-state index in [4.69, 9.17) is 9.47 Å². The molecule has 5 aromatic rings. The van der Waals surface area contributed by atoms with Crippen LogP contribution in [0.1, 0.15) is 11.1 Å². The van der Waals surface area contributed by atoms with Crippen LogP contribution in [0.3, 0.4) is 0 Å². The summed E-state index contributed by atoms with van der Waals surface area (Å²) >= 11 is 3.49. The van der Waals surface area contributed by atoms with Gasteiger partial charge >= 0.3 is 0 Å². The van der Waals surface area contributed by atoms with Crippen LogP contribution in [-0.2, 0) is 20.3 Å². The van der Waals surface area contributed by atoms with Crippen LogP contribution in [0.4, 0.5) is 0 Å². The monoisotopic (exact) mass is 515 g/mol. The lowest BCUT2D eigenvalue weighted by atomic mass is 10.2. The predicted molar refractivity (Wildman–Crippen MR) is 136 cm³/mol. The third-order valence-corrected chi connectivity index (χ3v) is 6.02. The van der Waals surface area contributed by atoms with Crippen molar-refractivity contribution in [2.75, 3.05) is 0 Å². The SMILES string of the molecule is Cn1c2cc(Br)ccc2c(=O)n1-c1ccc(OCc2ccccc2)nc1OCc1ccccc1. The van der Waals surface area contributed by atoms with E-state index < -0.39 is 0 Å². The van der Waals surface area contributed by atoms with E-state index in [1.54, 1.807) is 15.4 Å². The molecule has 0 bridgehead atoms. The molecule has 0 fully saturated rings. The third kappa shape index (κ3) is 4.47. The Labute approximate surface area is 205 Å². The summed E-state index contributed by atoms with van der Waals surface area (Å²) in [6.07, 6.45) is 0. The van der Waals surface area contributed by atoms with Crippen LogP contribution in [0.15, 0.2) is 100 Å². The molecular weight excluding hydrogens is 494 g/mol. The number of nitrogens with zero attached hydrogens (tertiary/aromatic N) is 3. The Morgan fingerprint density at radius 2 is 1.47 bits per heavy atom. The molecule has 2 aromatic heterocycles. The van der Waals surface area contributed by atoms with Crippen LogP contribution in [0.5, 0.6) is 11.8 Å². The van der Waals surface area contributed by atoms with Gasteiger partial charge in [0.05, 0.1) is 10.9 Å². The highest BCUT2D eigenvalue weighted by atomic mass is 79.9. The zero-order valence-electron chi connectivity index (χ0n) is 18.5. The van der Waals surface area contributed by atoms with Crippen molar-refractivity contribution in [2.45, 2.75) is 13.2 Å². The highest BCUT2D eigenvalue weighted by molar-refractivity contribution is 9.10. The molecule has 0 saturated carbocycles. The molecule has 0 radical (unpaired) electrons. The Balaban J connectivity index is 1.54. The standard InChI is InChI=1S/C27H22BrN3O3/c1-30-24-16-21(28)12-13-22(24)27(32)31(30)23-14-15-25(33-17-19-8-4-2-5-9-19)29-26(23)34-18-20-10-6-3-7-11-20/h2-16H,17-18H2,1H3. The Kier molecular flexibility index (Phi) is 6.18. The number of aromatic nitrogens is 3. The summed E-state index contributed by atoms with van der Waals surface area (Å²) in [6.45, 7) is 0.695. The third-order valence-electron chi connectivity index (χ3n) is 5.52. The number of benzene rings is 3. The second kappa shape index (κ2) is 9.57. The van der Waals surface area contributed by atoms with E-state index in [0.717, 1.165) is 21.1 Å². The fraction of sp³-hybridized carbons (Fsp3) is 0.111. The fourth-order valence-electron chi connectivity index (χ4n) is 3.80. The van der Waals surface area contributed by atoms with E-state index >= 15 is 0 Å². The average Bonchev–Trinajstić information content (AvgIpc) is 3.11. The normalized spacial score (nSPS) is 11.0. The van der Waals surface area contributed by atoms with Crippen LogP contribution >= 0.6 is 15.9 Å². The summed E-state index contributed by atoms with van der Waals surface area (Å²) in [6, 6.07) is 28.9. The Hall–Kier alpha value is -3.84. The molecule has 0 atom stereocenters. The molecule has 0 saturated heterocycles. The van der Waals surface area contributed by atoms with Gasteiger partial charge in [-0.3, -0.25) is 9.48 Å². The number of hydrogen-bond acceptors (Lipinski definition) is 4. The minimum Gasteiger partial charge on any atom is -0.473 e. The van der Waals surface area contributed by atoms with Crippen LogP contribution in [0, 0.1) is 0 Å². The maximum absolute atomic E-state index is 13.3. The van der Waals surface area contributed by atoms with Gasteiger partial charge in [-0.05, 0) is 35.4 Å². The Bertz CT molecular complexity index is 1490. The molecule has 2 heterocycles. The van der Waals surface area contributed by atoms with Gasteiger partial charge in [-0.2, -0.15) is 4.98 Å². The number of pyridine rings is 1. The van der Waals surface area contributed by atoms with Crippen LogP contribution in [-0.4, -0.2) is 14.3 Å². The van der Waals surface area contributed by atoms with Crippen molar-refractivity contribution in [3.63, 3.8) is 0 Å². The van der Waals surface area contributed by atoms with Crippen molar-refractivity contribution in [1.82, 2.24) is 14.3 Å². The number of fused-ring (bicyclic) bond motifs is 1. The summed E-state index contributed by atoms with van der Waals surface area (Å²) < 4.78 is 16.3. The molecule has 0 N–H and O–H groups in total. The molecule has 3 aromatic carbocycles. The molecular formula is C27H22BrN3O3. The van der Waals surface area contributed by atoms with E-state index in [-0.39, 0.29) is 5.56 Å². The molecule has 34 heavy (non-hydrogen) atoms. The zero-order valence-corrected chi connectivity index (χ0v) is 20.1. The summed E-state index contributed by atoms with van der Waals surface area (Å²) in [4.78, 5) is 17.9. The zero-order chi connectivity index (χ0) is 23.5. The summed E-state index contributed by atoms with van der Waals surface area (Å²) in [7, 11) is 1.84. The molecule has 0 amide bonds. The van der Waals surface area contributed by atoms with Gasteiger partial charge in [-0.25, -0.2) is 4.68 Å². The van der Waals surface area contributed by atoms with Crippen molar-refractivity contribution >= 4 is 26.8 Å². The van der Waals surface area contributed by atoms with Gasteiger partial charge < -0.3 is 9.47 Å². The first-order chi connectivity index (χ1) is 16.6. The number of aryl methyl sites for hydroxylation is 1. The molecule has 170 valence electrons. The lowest BCUT2D eigenvalue weighted by molar-refractivity contribution is 0.266. The van der Waals surface area contributed by atoms with Crippen molar-refractivity contribution in [1.29, 1.82) is 0 Å². The van der Waals surface area contributed by atoms with E-state index in [1.807, 2.05) is 92.0 Å². The maximum atomic E-state index is 13.3. The van der Waals surface area contributed by atoms with Gasteiger partial charge in [0.1, 0.15) is 18.9 Å². The molecule has 0 spiro atoms. The minimum atomic E-state index is -0.144. The van der Waals surface area contributed by atoms with Crippen molar-refractivity contribution in [3.8, 4) is 17.4 Å². The first-order valence-electron chi connectivity index (χ1n) is 10.8. The first-order valence-corrected chi connectivity index (χ1v) is 11.6. The molecule has 0 aliphatic heterocycles. The van der Waals surface area contributed by atoms with Crippen LogP contribution in [0.2, 0.25) is 0 Å². The quantitative estimate of drug-likeness (QED) is 0.281. The minimum absolute atomic E-state index is 0.144. The lowest BCUT2D eigenvalue weighted by Gasteiger charge is -2.15. The van der Waals surface area contributed by atoms with E-state index in [0.29, 0.717) is 36.0 Å². The van der Waals surface area contributed by atoms with Crippen molar-refractivity contribution < 1.29 is 9.47 Å². The highest BCUT2D eigenvalue weighted by Crippen LogP contribution is 2.27. The fourth-order valence-corrected chi connectivity index (χ4v) is 4.15. The van der Waals surface area contributed by atoms with Gasteiger partial charge in [0.2, 0.25) is 11.8 Å². The topological polar surface area (TPSA) is 58.3 Å². The molecule has 6 nitrogen and oxygen atoms in total. The molecule has 0 aliphatic carbocycles. The van der Waals surface area contributed by atoms with E-state index in [9.17, 15) is 4.79 Å². The van der Waals surface area contributed by atoms with Gasteiger partial charge in [0, 0.05) is 17.6 Å². The van der Waals surface area contributed by atoms with Gasteiger partial charge in [0.15, 0.2) is 0 Å². The summed E-state index contributed by atoms with van der Waals surface area (Å²) in [5.74, 6) is 0.742. The molecule has 0 unspecified atom stereocenters. The van der Waals surface area contributed by atoms with Crippen LogP contribution < -0.4 is 15.0 Å². The molecule has 5 rings (SSSR count). The summed E-state index contributed by atoms with van der Waals surface area (Å²) in [5, 5.41) is 0.615. The highest BCUT2D eigenvalue weighted by Gasteiger charge is 2.18. The van der Waals surface area contributed by atoms with Crippen molar-refractivity contribution in [3.05, 3.63) is 117 Å². The molecule has 0 aliphatic rings. The number of halogens is 1. The van der Waals surface area contributed by atoms with E-state index in [2.05, 4.69) is 20.9 Å². The average molecular weight is 516 g/mol. The largest absolute Gasteiger partial charge is 0.473 e. The van der Waals surface area contributed by atoms with Crippen molar-refractivity contribution in [2.24, 2.45) is 7.05 Å². The smallest absolute Gasteiger partial charge is 0.279 e. The molecule has 7 heteroatoms. The maximum Gasteiger partial charge on any atom is 0.279 e. The van der Waals surface area contributed by atoms with Gasteiger partial charge in [0.25, 0.3) is 5.56 Å². The summed E-state index contributed by atoms with van der Waals surface area (Å²) in [5.41, 5.74) is 3.24. The second-order valence-electron chi connectivity index (χ2n) is 7.82. The van der Waals surface area contributed by atoms with Gasteiger partial charge in [-0.1, -0.05) is 76.6 Å².